The molecule has 0 aliphatic carbocycles. The van der Waals surface area contributed by atoms with Crippen LogP contribution in [0.4, 0.5) is 4.79 Å². The molecule has 2 amide bonds. The standard InChI is InChI=1S/C18H18N4OS/c23-18(21-8-6-14-4-2-1-3-5-14)22-12-16-17(20-10-9-19-16)15-7-11-24-13-15/h1-5,7,9-11,13H,6,8,12H2,(H2,21,22,23). The van der Waals surface area contributed by atoms with E-state index in [-0.39, 0.29) is 6.03 Å². The predicted octanol–water partition coefficient (Wildman–Crippen LogP) is 3.25. The van der Waals surface area contributed by atoms with Gasteiger partial charge in [0.15, 0.2) is 0 Å². The number of thiophene rings is 1. The number of benzene rings is 1. The molecule has 2 heterocycles. The number of nitrogens with zero attached hydrogens (tertiary/aromatic N) is 2. The second-order valence-electron chi connectivity index (χ2n) is 5.21. The predicted molar refractivity (Wildman–Crippen MR) is 95.7 cm³/mol. The highest BCUT2D eigenvalue weighted by Gasteiger charge is 2.09. The van der Waals surface area contributed by atoms with Crippen LogP contribution in [0.1, 0.15) is 11.3 Å². The Kier molecular flexibility index (Phi) is 5.52. The summed E-state index contributed by atoms with van der Waals surface area (Å²) >= 11 is 1.61. The molecule has 0 radical (unpaired) electrons. The van der Waals surface area contributed by atoms with E-state index in [1.54, 1.807) is 23.7 Å². The highest BCUT2D eigenvalue weighted by molar-refractivity contribution is 7.08. The Balaban J connectivity index is 1.50. The summed E-state index contributed by atoms with van der Waals surface area (Å²) in [7, 11) is 0. The summed E-state index contributed by atoms with van der Waals surface area (Å²) in [6.45, 7) is 0.934. The van der Waals surface area contributed by atoms with E-state index >= 15 is 0 Å². The van der Waals surface area contributed by atoms with Crippen molar-refractivity contribution in [1.82, 2.24) is 20.6 Å². The van der Waals surface area contributed by atoms with Crippen LogP contribution in [-0.4, -0.2) is 22.5 Å². The minimum atomic E-state index is -0.201. The molecule has 6 heteroatoms. The maximum atomic E-state index is 11.9. The van der Waals surface area contributed by atoms with Gasteiger partial charge in [0.05, 0.1) is 17.9 Å². The number of urea groups is 1. The molecule has 24 heavy (non-hydrogen) atoms. The second-order valence-corrected chi connectivity index (χ2v) is 5.99. The molecule has 1 aromatic carbocycles. The molecule has 3 rings (SSSR count). The highest BCUT2D eigenvalue weighted by atomic mass is 32.1. The molecule has 0 unspecified atom stereocenters. The molecule has 5 nitrogen and oxygen atoms in total. The Labute approximate surface area is 144 Å². The molecule has 0 saturated carbocycles. The molecule has 0 saturated heterocycles. The molecule has 3 aromatic rings. The van der Waals surface area contributed by atoms with Gasteiger partial charge in [-0.3, -0.25) is 9.97 Å². The van der Waals surface area contributed by atoms with Crippen LogP contribution in [0.25, 0.3) is 11.3 Å². The van der Waals surface area contributed by atoms with Crippen LogP contribution in [0.15, 0.2) is 59.6 Å². The van der Waals surface area contributed by atoms with Gasteiger partial charge in [0.2, 0.25) is 0 Å². The van der Waals surface area contributed by atoms with Gasteiger partial charge in [0.1, 0.15) is 0 Å². The van der Waals surface area contributed by atoms with Gasteiger partial charge < -0.3 is 10.6 Å². The quantitative estimate of drug-likeness (QED) is 0.725. The van der Waals surface area contributed by atoms with E-state index in [4.69, 9.17) is 0 Å². The van der Waals surface area contributed by atoms with Crippen LogP contribution in [0, 0.1) is 0 Å². The van der Waals surface area contributed by atoms with Crippen molar-refractivity contribution in [2.75, 3.05) is 6.54 Å². The number of hydrogen-bond acceptors (Lipinski definition) is 4. The summed E-state index contributed by atoms with van der Waals surface area (Å²) in [5, 5.41) is 9.72. The van der Waals surface area contributed by atoms with Gasteiger partial charge in [0, 0.05) is 29.9 Å². The van der Waals surface area contributed by atoms with E-state index in [1.807, 2.05) is 47.2 Å². The first-order valence-corrected chi connectivity index (χ1v) is 8.65. The number of amides is 2. The molecule has 0 bridgehead atoms. The Morgan fingerprint density at radius 3 is 2.67 bits per heavy atom. The molecular formula is C18H18N4OS. The van der Waals surface area contributed by atoms with Gasteiger partial charge in [0.25, 0.3) is 0 Å². The maximum absolute atomic E-state index is 11.9. The van der Waals surface area contributed by atoms with Gasteiger partial charge in [-0.1, -0.05) is 30.3 Å². The zero-order valence-electron chi connectivity index (χ0n) is 13.1. The summed E-state index contributed by atoms with van der Waals surface area (Å²) in [5.41, 5.74) is 3.79. The summed E-state index contributed by atoms with van der Waals surface area (Å²) < 4.78 is 0. The van der Waals surface area contributed by atoms with Crippen molar-refractivity contribution in [3.63, 3.8) is 0 Å². The number of rotatable bonds is 6. The molecule has 0 spiro atoms. The van der Waals surface area contributed by atoms with Crippen LogP contribution in [0.3, 0.4) is 0 Å². The van der Waals surface area contributed by atoms with Crippen molar-refractivity contribution < 1.29 is 4.79 Å². The Morgan fingerprint density at radius 1 is 1.04 bits per heavy atom. The van der Waals surface area contributed by atoms with Crippen molar-refractivity contribution in [3.8, 4) is 11.3 Å². The number of carbonyl (C=O) groups excluding carboxylic acids is 1. The Bertz CT molecular complexity index is 775. The van der Waals surface area contributed by atoms with Crippen LogP contribution >= 0.6 is 11.3 Å². The summed E-state index contributed by atoms with van der Waals surface area (Å²) in [6.07, 6.45) is 4.11. The Hall–Kier alpha value is -2.73. The summed E-state index contributed by atoms with van der Waals surface area (Å²) in [6, 6.07) is 11.9. The third kappa shape index (κ3) is 4.39. The minimum absolute atomic E-state index is 0.201. The highest BCUT2D eigenvalue weighted by Crippen LogP contribution is 2.21. The monoisotopic (exact) mass is 338 g/mol. The van der Waals surface area contributed by atoms with Crippen LogP contribution in [0.2, 0.25) is 0 Å². The van der Waals surface area contributed by atoms with Gasteiger partial charge in [-0.2, -0.15) is 11.3 Å². The zero-order valence-corrected chi connectivity index (χ0v) is 13.9. The Morgan fingerprint density at radius 2 is 1.88 bits per heavy atom. The lowest BCUT2D eigenvalue weighted by molar-refractivity contribution is 0.240. The molecule has 2 aromatic heterocycles. The summed E-state index contributed by atoms with van der Waals surface area (Å²) in [4.78, 5) is 20.6. The fourth-order valence-electron chi connectivity index (χ4n) is 2.33. The van der Waals surface area contributed by atoms with Crippen LogP contribution in [0.5, 0.6) is 0 Å². The molecule has 0 atom stereocenters. The number of aromatic nitrogens is 2. The van der Waals surface area contributed by atoms with E-state index in [0.29, 0.717) is 13.1 Å². The number of hydrogen-bond donors (Lipinski definition) is 2. The SMILES string of the molecule is O=C(NCCc1ccccc1)NCc1nccnc1-c1ccsc1. The fourth-order valence-corrected chi connectivity index (χ4v) is 2.97. The van der Waals surface area contributed by atoms with E-state index in [2.05, 4.69) is 20.6 Å². The lowest BCUT2D eigenvalue weighted by Crippen LogP contribution is -2.36. The molecular weight excluding hydrogens is 320 g/mol. The van der Waals surface area contributed by atoms with E-state index in [0.717, 1.165) is 23.4 Å². The van der Waals surface area contributed by atoms with Crippen LogP contribution < -0.4 is 10.6 Å². The zero-order chi connectivity index (χ0) is 16.6. The fraction of sp³-hybridized carbons (Fsp3) is 0.167. The van der Waals surface area contributed by atoms with Gasteiger partial charge in [-0.15, -0.1) is 0 Å². The van der Waals surface area contributed by atoms with Gasteiger partial charge in [-0.05, 0) is 23.4 Å². The lowest BCUT2D eigenvalue weighted by Gasteiger charge is -2.09. The number of nitrogens with one attached hydrogen (secondary N) is 2. The van der Waals surface area contributed by atoms with Crippen molar-refractivity contribution in [2.45, 2.75) is 13.0 Å². The first kappa shape index (κ1) is 16.1. The first-order valence-electron chi connectivity index (χ1n) is 7.71. The van der Waals surface area contributed by atoms with Crippen molar-refractivity contribution >= 4 is 17.4 Å². The normalized spacial score (nSPS) is 10.3. The maximum Gasteiger partial charge on any atom is 0.315 e. The average molecular weight is 338 g/mol. The number of carbonyl (C=O) groups is 1. The third-order valence-electron chi connectivity index (χ3n) is 3.53. The molecule has 122 valence electrons. The molecule has 0 fully saturated rings. The molecule has 0 aliphatic rings. The van der Waals surface area contributed by atoms with E-state index in [1.165, 1.54) is 5.56 Å². The average Bonchev–Trinajstić information content (AvgIpc) is 3.16. The largest absolute Gasteiger partial charge is 0.338 e. The topological polar surface area (TPSA) is 66.9 Å². The van der Waals surface area contributed by atoms with Crippen molar-refractivity contribution in [1.29, 1.82) is 0 Å². The van der Waals surface area contributed by atoms with E-state index < -0.39 is 0 Å². The van der Waals surface area contributed by atoms with Crippen molar-refractivity contribution in [2.24, 2.45) is 0 Å². The second kappa shape index (κ2) is 8.21. The van der Waals surface area contributed by atoms with Crippen LogP contribution in [-0.2, 0) is 13.0 Å². The lowest BCUT2D eigenvalue weighted by atomic mass is 10.1. The first-order chi connectivity index (χ1) is 11.8. The van der Waals surface area contributed by atoms with Gasteiger partial charge in [-0.25, -0.2) is 4.79 Å². The van der Waals surface area contributed by atoms with E-state index in [9.17, 15) is 4.79 Å². The summed E-state index contributed by atoms with van der Waals surface area (Å²) in [5.74, 6) is 0. The molecule has 0 aliphatic heterocycles. The van der Waals surface area contributed by atoms with Crippen molar-refractivity contribution in [3.05, 3.63) is 70.8 Å². The minimum Gasteiger partial charge on any atom is -0.338 e. The molecule has 2 N–H and O–H groups in total. The van der Waals surface area contributed by atoms with Gasteiger partial charge >= 0.3 is 6.03 Å². The smallest absolute Gasteiger partial charge is 0.315 e. The third-order valence-corrected chi connectivity index (χ3v) is 4.21.